The third-order valence-corrected chi connectivity index (χ3v) is 10.0. The number of ketones is 1. The summed E-state index contributed by atoms with van der Waals surface area (Å²) in [6.07, 6.45) is 13.0. The van der Waals surface area contributed by atoms with Crippen molar-refractivity contribution in [2.45, 2.75) is 104 Å². The van der Waals surface area contributed by atoms with Crippen molar-refractivity contribution < 1.29 is 9.90 Å². The number of fused-ring (bicyclic) bond motifs is 5. The Bertz CT molecular complexity index is 571. The lowest BCUT2D eigenvalue weighted by molar-refractivity contribution is -0.155. The van der Waals surface area contributed by atoms with Gasteiger partial charge in [-0.15, -0.1) is 0 Å². The molecule has 0 spiro atoms. The second kappa shape index (κ2) is 6.33. The summed E-state index contributed by atoms with van der Waals surface area (Å²) < 4.78 is 0. The van der Waals surface area contributed by atoms with Gasteiger partial charge in [0.1, 0.15) is 5.78 Å². The van der Waals surface area contributed by atoms with Crippen molar-refractivity contribution in [1.82, 2.24) is 0 Å². The second-order valence-electron chi connectivity index (χ2n) is 11.1. The van der Waals surface area contributed by atoms with Crippen LogP contribution in [0.4, 0.5) is 0 Å². The molecule has 1 N–H and O–H groups in total. The molecule has 4 aliphatic carbocycles. The van der Waals surface area contributed by atoms with Crippen LogP contribution in [0, 0.1) is 40.4 Å². The van der Waals surface area contributed by atoms with Gasteiger partial charge in [0.2, 0.25) is 0 Å². The van der Waals surface area contributed by atoms with Gasteiger partial charge >= 0.3 is 0 Å². The van der Waals surface area contributed by atoms with Crippen molar-refractivity contribution in [3.05, 3.63) is 0 Å². The first kappa shape index (κ1) is 19.0. The Morgan fingerprint density at radius 2 is 1.69 bits per heavy atom. The van der Waals surface area contributed by atoms with Gasteiger partial charge in [0.15, 0.2) is 0 Å². The van der Waals surface area contributed by atoms with Crippen LogP contribution in [0.5, 0.6) is 0 Å². The van der Waals surface area contributed by atoms with Gasteiger partial charge in [0.25, 0.3) is 0 Å². The van der Waals surface area contributed by atoms with E-state index < -0.39 is 0 Å². The average molecular weight is 361 g/mol. The fourth-order valence-corrected chi connectivity index (χ4v) is 8.68. The van der Waals surface area contributed by atoms with Gasteiger partial charge < -0.3 is 5.11 Å². The molecule has 0 aromatic heterocycles. The van der Waals surface area contributed by atoms with Gasteiger partial charge in [-0.25, -0.2) is 0 Å². The van der Waals surface area contributed by atoms with Crippen LogP contribution in [0.1, 0.15) is 98.3 Å². The Kier molecular flexibility index (Phi) is 4.61. The smallest absolute Gasteiger partial charge is 0.133 e. The van der Waals surface area contributed by atoms with Gasteiger partial charge in [0.05, 0.1) is 5.60 Å². The summed E-state index contributed by atoms with van der Waals surface area (Å²) >= 11 is 0. The summed E-state index contributed by atoms with van der Waals surface area (Å²) in [4.78, 5) is 12.3. The minimum Gasteiger partial charge on any atom is -0.390 e. The second-order valence-corrected chi connectivity index (χ2v) is 11.1. The average Bonchev–Trinajstić information content (AvgIpc) is 2.93. The largest absolute Gasteiger partial charge is 0.390 e. The van der Waals surface area contributed by atoms with Gasteiger partial charge in [0, 0.05) is 5.92 Å². The topological polar surface area (TPSA) is 37.3 Å². The van der Waals surface area contributed by atoms with Crippen LogP contribution in [-0.4, -0.2) is 16.5 Å². The molecule has 0 aromatic rings. The predicted octanol–water partition coefficient (Wildman–Crippen LogP) is 5.77. The third kappa shape index (κ3) is 2.65. The van der Waals surface area contributed by atoms with E-state index in [9.17, 15) is 9.90 Å². The minimum absolute atomic E-state index is 0.272. The summed E-state index contributed by atoms with van der Waals surface area (Å²) in [5.41, 5.74) is 0.314. The van der Waals surface area contributed by atoms with Crippen LogP contribution in [0.25, 0.3) is 0 Å². The van der Waals surface area contributed by atoms with Gasteiger partial charge in [-0.1, -0.05) is 27.2 Å². The molecule has 0 saturated heterocycles. The highest BCUT2D eigenvalue weighted by molar-refractivity contribution is 5.79. The summed E-state index contributed by atoms with van der Waals surface area (Å²) in [6.45, 7) is 9.05. The molecule has 148 valence electrons. The van der Waals surface area contributed by atoms with Crippen molar-refractivity contribution in [1.29, 1.82) is 0 Å². The number of hydrogen-bond donors (Lipinski definition) is 1. The molecule has 4 rings (SSSR count). The zero-order chi connectivity index (χ0) is 18.7. The van der Waals surface area contributed by atoms with Crippen LogP contribution in [0.15, 0.2) is 0 Å². The maximum atomic E-state index is 12.3. The Morgan fingerprint density at radius 3 is 2.38 bits per heavy atom. The van der Waals surface area contributed by atoms with Gasteiger partial charge in [-0.3, -0.25) is 4.79 Å². The Labute approximate surface area is 160 Å². The van der Waals surface area contributed by atoms with Crippen LogP contribution >= 0.6 is 0 Å². The molecule has 4 aliphatic rings. The number of carbonyl (C=O) groups excluding carboxylic acids is 1. The number of aliphatic hydroxyl groups is 1. The zero-order valence-electron chi connectivity index (χ0n) is 17.5. The molecule has 4 saturated carbocycles. The number of rotatable bonds is 3. The first-order valence-corrected chi connectivity index (χ1v) is 11.5. The lowest BCUT2D eigenvalue weighted by Crippen LogP contribution is -2.56. The molecule has 0 unspecified atom stereocenters. The fourth-order valence-electron chi connectivity index (χ4n) is 8.68. The van der Waals surface area contributed by atoms with Crippen LogP contribution < -0.4 is 0 Å². The lowest BCUT2D eigenvalue weighted by atomic mass is 9.43. The van der Waals surface area contributed by atoms with E-state index in [2.05, 4.69) is 20.8 Å². The van der Waals surface area contributed by atoms with E-state index in [0.29, 0.717) is 23.0 Å². The number of hydrogen-bond acceptors (Lipinski definition) is 2. The van der Waals surface area contributed by atoms with Gasteiger partial charge in [-0.05, 0) is 106 Å². The fraction of sp³-hybridized carbons (Fsp3) is 0.958. The van der Waals surface area contributed by atoms with Crippen molar-refractivity contribution in [3.8, 4) is 0 Å². The molecule has 0 heterocycles. The quantitative estimate of drug-likeness (QED) is 0.694. The van der Waals surface area contributed by atoms with E-state index in [4.69, 9.17) is 0 Å². The van der Waals surface area contributed by atoms with Crippen LogP contribution in [-0.2, 0) is 4.79 Å². The minimum atomic E-state index is -0.387. The Hall–Kier alpha value is -0.370. The maximum absolute atomic E-state index is 12.3. The van der Waals surface area contributed by atoms with Gasteiger partial charge in [-0.2, -0.15) is 0 Å². The molecule has 4 fully saturated rings. The monoisotopic (exact) mass is 360 g/mol. The highest BCUT2D eigenvalue weighted by Gasteiger charge is 2.61. The van der Waals surface area contributed by atoms with E-state index in [1.165, 1.54) is 38.5 Å². The lowest BCUT2D eigenvalue weighted by Gasteiger charge is -2.62. The first-order chi connectivity index (χ1) is 12.2. The first-order valence-electron chi connectivity index (χ1n) is 11.5. The molecule has 0 aliphatic heterocycles. The van der Waals surface area contributed by atoms with Crippen molar-refractivity contribution in [2.24, 2.45) is 40.4 Å². The summed E-state index contributed by atoms with van der Waals surface area (Å²) in [5.74, 6) is 3.90. The molecular formula is C24H40O2. The SMILES string of the molecule is CCC[C@@]1(O)CC[C@@]2(C)[C@H](CC[C@@H]3[C@@H]2CC[C@]2(C)[C@@H](C(C)=O)CC[C@@H]32)C1. The van der Waals surface area contributed by atoms with Crippen LogP contribution in [0.2, 0.25) is 0 Å². The normalized spacial score (nSPS) is 53.5. The number of carbonyl (C=O) groups is 1. The maximum Gasteiger partial charge on any atom is 0.133 e. The molecular weight excluding hydrogens is 320 g/mol. The Morgan fingerprint density at radius 1 is 0.962 bits per heavy atom. The summed E-state index contributed by atoms with van der Waals surface area (Å²) in [5, 5.41) is 11.1. The highest BCUT2D eigenvalue weighted by atomic mass is 16.3. The van der Waals surface area contributed by atoms with E-state index in [1.54, 1.807) is 0 Å². The molecule has 2 nitrogen and oxygen atoms in total. The molecule has 0 bridgehead atoms. The van der Waals surface area contributed by atoms with E-state index in [-0.39, 0.29) is 11.0 Å². The molecule has 0 amide bonds. The van der Waals surface area contributed by atoms with Crippen molar-refractivity contribution in [2.75, 3.05) is 0 Å². The molecule has 0 radical (unpaired) electrons. The summed E-state index contributed by atoms with van der Waals surface area (Å²) in [7, 11) is 0. The third-order valence-electron chi connectivity index (χ3n) is 10.0. The number of Topliss-reactive ketones (excluding diaryl/α,β-unsaturated/α-hetero) is 1. The highest BCUT2D eigenvalue weighted by Crippen LogP contribution is 2.68. The molecule has 26 heavy (non-hydrogen) atoms. The van der Waals surface area contributed by atoms with E-state index >= 15 is 0 Å². The summed E-state index contributed by atoms with van der Waals surface area (Å²) in [6, 6.07) is 0. The van der Waals surface area contributed by atoms with Crippen molar-refractivity contribution in [3.63, 3.8) is 0 Å². The molecule has 0 aromatic carbocycles. The van der Waals surface area contributed by atoms with Crippen LogP contribution in [0.3, 0.4) is 0 Å². The zero-order valence-corrected chi connectivity index (χ0v) is 17.5. The predicted molar refractivity (Wildman–Crippen MR) is 106 cm³/mol. The molecule has 2 heteroatoms. The van der Waals surface area contributed by atoms with E-state index in [1.807, 2.05) is 6.92 Å². The van der Waals surface area contributed by atoms with E-state index in [0.717, 1.165) is 49.9 Å². The Balaban J connectivity index is 1.56. The standard InChI is InChI=1S/C24H40O2/c1-5-11-24(26)14-13-22(3)17(15-24)6-7-18-20-9-8-19(16(2)25)23(20,4)12-10-21(18)22/h17-21,26H,5-15H2,1-4H3/t17-,18+,19-,20+,21+,22+,23-,24-/m1/s1. The molecule has 8 atom stereocenters. The van der Waals surface area contributed by atoms with Crippen molar-refractivity contribution >= 4 is 5.78 Å².